The lowest BCUT2D eigenvalue weighted by molar-refractivity contribution is -0.385. The molecule has 154 valence electrons. The van der Waals surface area contributed by atoms with Crippen LogP contribution in [0.5, 0.6) is 11.5 Å². The smallest absolute Gasteiger partial charge is 0.346 e. The van der Waals surface area contributed by atoms with Crippen LogP contribution in [0.15, 0.2) is 24.3 Å². The molecule has 2 aromatic carbocycles. The van der Waals surface area contributed by atoms with Gasteiger partial charge in [-0.3, -0.25) is 14.9 Å². The molecule has 0 saturated carbocycles. The molecule has 0 aliphatic heterocycles. The monoisotopic (exact) mass is 401 g/mol. The molecule has 8 nitrogen and oxygen atoms in total. The number of methoxy groups -OCH3 is 2. The Kier molecular flexibility index (Phi) is 6.58. The zero-order valence-electron chi connectivity index (χ0n) is 17.2. The normalized spacial score (nSPS) is 11.5. The fraction of sp³-hybridized carbons (Fsp3) is 0.333. The molecule has 0 aliphatic rings. The minimum Gasteiger partial charge on any atom is -0.493 e. The van der Waals surface area contributed by atoms with E-state index < -0.39 is 22.7 Å². The Balaban J connectivity index is 2.35. The molecule has 0 fully saturated rings. The van der Waals surface area contributed by atoms with Gasteiger partial charge in [0.1, 0.15) is 5.56 Å². The number of rotatable bonds is 7. The van der Waals surface area contributed by atoms with Gasteiger partial charge in [-0.2, -0.15) is 0 Å². The van der Waals surface area contributed by atoms with Crippen molar-refractivity contribution >= 4 is 17.4 Å². The minimum absolute atomic E-state index is 0.102. The summed E-state index contributed by atoms with van der Waals surface area (Å²) in [6.45, 7) is 7.06. The molecule has 2 aromatic rings. The second-order valence-corrected chi connectivity index (χ2v) is 6.64. The summed E-state index contributed by atoms with van der Waals surface area (Å²) < 4.78 is 15.4. The number of nitro benzene ring substituents is 1. The average Bonchev–Trinajstić information content (AvgIpc) is 2.68. The van der Waals surface area contributed by atoms with Gasteiger partial charge in [-0.05, 0) is 50.5 Å². The van der Waals surface area contributed by atoms with Crippen molar-refractivity contribution in [3.8, 4) is 11.5 Å². The minimum atomic E-state index is -1.13. The van der Waals surface area contributed by atoms with Gasteiger partial charge >= 0.3 is 5.97 Å². The van der Waals surface area contributed by atoms with Crippen molar-refractivity contribution in [2.24, 2.45) is 0 Å². The molecule has 0 saturated heterocycles. The quantitative estimate of drug-likeness (QED) is 0.299. The summed E-state index contributed by atoms with van der Waals surface area (Å²) in [5.74, 6) is -1.15. The first kappa shape index (κ1) is 21.9. The molecule has 0 N–H and O–H groups in total. The number of aryl methyl sites for hydroxylation is 3. The molecular formula is C21H23NO7. The van der Waals surface area contributed by atoms with E-state index in [2.05, 4.69) is 0 Å². The van der Waals surface area contributed by atoms with Crippen LogP contribution in [0, 0.1) is 30.9 Å². The van der Waals surface area contributed by atoms with E-state index in [9.17, 15) is 19.7 Å². The maximum atomic E-state index is 12.8. The van der Waals surface area contributed by atoms with Gasteiger partial charge in [-0.25, -0.2) is 4.79 Å². The molecule has 1 atom stereocenters. The van der Waals surface area contributed by atoms with Crippen molar-refractivity contribution in [1.29, 1.82) is 0 Å². The molecule has 8 heteroatoms. The highest BCUT2D eigenvalue weighted by Gasteiger charge is 2.29. The van der Waals surface area contributed by atoms with Crippen LogP contribution < -0.4 is 9.47 Å². The van der Waals surface area contributed by atoms with E-state index in [0.717, 1.165) is 28.8 Å². The summed E-state index contributed by atoms with van der Waals surface area (Å²) in [6, 6.07) is 5.87. The van der Waals surface area contributed by atoms with Crippen molar-refractivity contribution in [2.75, 3.05) is 14.2 Å². The van der Waals surface area contributed by atoms with Crippen LogP contribution in [0.2, 0.25) is 0 Å². The molecule has 0 aliphatic carbocycles. The fourth-order valence-corrected chi connectivity index (χ4v) is 2.91. The van der Waals surface area contributed by atoms with Crippen molar-refractivity contribution in [2.45, 2.75) is 33.8 Å². The van der Waals surface area contributed by atoms with Crippen LogP contribution >= 0.6 is 0 Å². The van der Waals surface area contributed by atoms with Crippen molar-refractivity contribution < 1.29 is 28.7 Å². The third-order valence-electron chi connectivity index (χ3n) is 4.68. The number of nitrogens with zero attached hydrogens (tertiary/aromatic N) is 1. The summed E-state index contributed by atoms with van der Waals surface area (Å²) in [5.41, 5.74) is 2.35. The standard InChI is InChI=1S/C21H23NO7/c1-11-7-13(3)15(8-12(11)2)20(23)14(4)29-21(24)16-9-18(27-5)19(28-6)10-17(16)22(25)26/h7-10,14H,1-6H3. The highest BCUT2D eigenvalue weighted by atomic mass is 16.6. The number of Topliss-reactive ketones (excluding diaryl/α,β-unsaturated/α-hetero) is 1. The highest BCUT2D eigenvalue weighted by Crippen LogP contribution is 2.35. The molecule has 0 heterocycles. The maximum absolute atomic E-state index is 12.8. The van der Waals surface area contributed by atoms with Crippen LogP contribution in [-0.4, -0.2) is 37.0 Å². The van der Waals surface area contributed by atoms with Crippen LogP contribution in [0.3, 0.4) is 0 Å². The number of carbonyl (C=O) groups excluding carboxylic acids is 2. The summed E-state index contributed by atoms with van der Waals surface area (Å²) in [6.07, 6.45) is -1.13. The fourth-order valence-electron chi connectivity index (χ4n) is 2.91. The maximum Gasteiger partial charge on any atom is 0.346 e. The van der Waals surface area contributed by atoms with Gasteiger partial charge in [0.15, 0.2) is 17.6 Å². The summed E-state index contributed by atoms with van der Waals surface area (Å²) >= 11 is 0. The zero-order chi connectivity index (χ0) is 21.9. The molecule has 0 radical (unpaired) electrons. The number of carbonyl (C=O) groups is 2. The number of hydrogen-bond acceptors (Lipinski definition) is 7. The lowest BCUT2D eigenvalue weighted by atomic mass is 9.96. The number of ether oxygens (including phenoxy) is 3. The number of ketones is 1. The molecule has 0 bridgehead atoms. The van der Waals surface area contributed by atoms with Crippen LogP contribution in [-0.2, 0) is 4.74 Å². The molecule has 1 unspecified atom stereocenters. The van der Waals surface area contributed by atoms with Crippen molar-refractivity contribution in [3.63, 3.8) is 0 Å². The third kappa shape index (κ3) is 4.53. The highest BCUT2D eigenvalue weighted by molar-refractivity contribution is 6.03. The molecule has 2 rings (SSSR count). The van der Waals surface area contributed by atoms with Gasteiger partial charge in [0, 0.05) is 11.6 Å². The Labute approximate surface area is 168 Å². The Morgan fingerprint density at radius 1 is 0.897 bits per heavy atom. The van der Waals surface area contributed by atoms with E-state index in [1.54, 1.807) is 13.0 Å². The summed E-state index contributed by atoms with van der Waals surface area (Å²) in [4.78, 5) is 36.1. The SMILES string of the molecule is COc1cc(C(=O)OC(C)C(=O)c2cc(C)c(C)cc2C)c([N+](=O)[O-])cc1OC. The lowest BCUT2D eigenvalue weighted by Crippen LogP contribution is -2.25. The predicted octanol–water partition coefficient (Wildman–Crippen LogP) is 3.97. The Morgan fingerprint density at radius 2 is 1.45 bits per heavy atom. The predicted molar refractivity (Wildman–Crippen MR) is 106 cm³/mol. The average molecular weight is 401 g/mol. The molecule has 29 heavy (non-hydrogen) atoms. The van der Waals surface area contributed by atoms with Gasteiger partial charge in [-0.15, -0.1) is 0 Å². The topological polar surface area (TPSA) is 105 Å². The number of esters is 1. The van der Waals surface area contributed by atoms with Gasteiger partial charge in [0.25, 0.3) is 5.69 Å². The van der Waals surface area contributed by atoms with E-state index in [1.807, 2.05) is 19.9 Å². The largest absolute Gasteiger partial charge is 0.493 e. The van der Waals surface area contributed by atoms with E-state index >= 15 is 0 Å². The van der Waals surface area contributed by atoms with Crippen LogP contribution in [0.1, 0.15) is 44.3 Å². The van der Waals surface area contributed by atoms with E-state index in [1.165, 1.54) is 21.1 Å². The van der Waals surface area contributed by atoms with Gasteiger partial charge in [0.05, 0.1) is 25.2 Å². The third-order valence-corrected chi connectivity index (χ3v) is 4.68. The number of benzene rings is 2. The Bertz CT molecular complexity index is 981. The molecule has 0 spiro atoms. The van der Waals surface area contributed by atoms with Crippen molar-refractivity contribution in [1.82, 2.24) is 0 Å². The number of hydrogen-bond donors (Lipinski definition) is 0. The van der Waals surface area contributed by atoms with E-state index in [4.69, 9.17) is 14.2 Å². The first-order valence-corrected chi connectivity index (χ1v) is 8.84. The molecule has 0 aromatic heterocycles. The second kappa shape index (κ2) is 8.72. The lowest BCUT2D eigenvalue weighted by Gasteiger charge is -2.16. The summed E-state index contributed by atoms with van der Waals surface area (Å²) in [5, 5.41) is 11.4. The van der Waals surface area contributed by atoms with Gasteiger partial charge in [-0.1, -0.05) is 6.07 Å². The Hall–Kier alpha value is -3.42. The van der Waals surface area contributed by atoms with Crippen molar-refractivity contribution in [3.05, 3.63) is 62.2 Å². The first-order chi connectivity index (χ1) is 13.6. The number of nitro groups is 1. The van der Waals surface area contributed by atoms with Gasteiger partial charge in [0.2, 0.25) is 5.78 Å². The van der Waals surface area contributed by atoms with Crippen LogP contribution in [0.4, 0.5) is 5.69 Å². The first-order valence-electron chi connectivity index (χ1n) is 8.84. The van der Waals surface area contributed by atoms with E-state index in [-0.39, 0.29) is 22.8 Å². The second-order valence-electron chi connectivity index (χ2n) is 6.64. The zero-order valence-corrected chi connectivity index (χ0v) is 17.2. The summed E-state index contributed by atoms with van der Waals surface area (Å²) in [7, 11) is 2.67. The Morgan fingerprint density at radius 3 is 2.00 bits per heavy atom. The van der Waals surface area contributed by atoms with Gasteiger partial charge < -0.3 is 14.2 Å². The van der Waals surface area contributed by atoms with Crippen LogP contribution in [0.25, 0.3) is 0 Å². The molecular weight excluding hydrogens is 378 g/mol. The molecule has 0 amide bonds. The van der Waals surface area contributed by atoms with E-state index in [0.29, 0.717) is 5.56 Å².